The van der Waals surface area contributed by atoms with Gasteiger partial charge in [-0.15, -0.1) is 0 Å². The molecule has 4 N–H and O–H groups in total. The topological polar surface area (TPSA) is 151 Å². The minimum Gasteiger partial charge on any atom is -0.493 e. The molecule has 0 saturated heterocycles. The van der Waals surface area contributed by atoms with Crippen molar-refractivity contribution in [3.63, 3.8) is 0 Å². The molecule has 1 saturated carbocycles. The van der Waals surface area contributed by atoms with Crippen LogP contribution in [0.3, 0.4) is 0 Å². The molecule has 0 radical (unpaired) electrons. The summed E-state index contributed by atoms with van der Waals surface area (Å²) in [6.45, 7) is -0.480. The van der Waals surface area contributed by atoms with Crippen molar-refractivity contribution in [1.29, 1.82) is 0 Å². The number of rotatable bonds is 9. The van der Waals surface area contributed by atoms with E-state index in [4.69, 9.17) is 18.6 Å². The molecule has 6 rings (SSSR count). The smallest absolute Gasteiger partial charge is 0.290 e. The Kier molecular flexibility index (Phi) is 8.53. The van der Waals surface area contributed by atoms with Gasteiger partial charge >= 0.3 is 0 Å². The second-order valence-electron chi connectivity index (χ2n) is 11.5. The van der Waals surface area contributed by atoms with Crippen LogP contribution in [-0.4, -0.2) is 83.7 Å². The molecule has 2 amide bonds. The van der Waals surface area contributed by atoms with Gasteiger partial charge in [-0.1, -0.05) is 31.4 Å². The van der Waals surface area contributed by atoms with E-state index in [2.05, 4.69) is 5.32 Å². The molecule has 3 aromatic rings. The molecule has 44 heavy (non-hydrogen) atoms. The van der Waals surface area contributed by atoms with Crippen LogP contribution in [0, 0.1) is 0 Å². The number of benzene rings is 2. The zero-order chi connectivity index (χ0) is 31.0. The largest absolute Gasteiger partial charge is 0.493 e. The summed E-state index contributed by atoms with van der Waals surface area (Å²) in [5.74, 6) is -0.193. The number of hydrogen-bond acceptors (Lipinski definition) is 9. The SMILES string of the molecule is COc1cc(CO)cc2c1O[C@@H]1[C@@H](O)[C@H](N(C(=O)c3cc4cccc(OC)c4o3)C3CCCCC3)C=C(C(=O)NCCO)[C@H]21. The van der Waals surface area contributed by atoms with Crippen LogP contribution in [0.4, 0.5) is 0 Å². The van der Waals surface area contributed by atoms with Crippen molar-refractivity contribution in [2.24, 2.45) is 0 Å². The van der Waals surface area contributed by atoms with E-state index >= 15 is 0 Å². The first kappa shape index (κ1) is 30.0. The quantitative estimate of drug-likeness (QED) is 0.288. The average molecular weight is 607 g/mol. The number of para-hydroxylation sites is 1. The number of ether oxygens (including phenoxy) is 3. The van der Waals surface area contributed by atoms with Gasteiger partial charge in [0.05, 0.1) is 39.4 Å². The molecular formula is C33H38N2O9. The van der Waals surface area contributed by atoms with Gasteiger partial charge in [0.25, 0.3) is 5.91 Å². The maximum atomic E-state index is 14.4. The van der Waals surface area contributed by atoms with Crippen LogP contribution in [0.5, 0.6) is 17.2 Å². The van der Waals surface area contributed by atoms with Crippen LogP contribution in [0.15, 0.2) is 52.5 Å². The Balaban J connectivity index is 1.47. The molecule has 4 atom stereocenters. The molecule has 2 heterocycles. The summed E-state index contributed by atoms with van der Waals surface area (Å²) in [7, 11) is 3.02. The highest BCUT2D eigenvalue weighted by Gasteiger charge is 2.52. The highest BCUT2D eigenvalue weighted by molar-refractivity contribution is 5.99. The van der Waals surface area contributed by atoms with E-state index in [-0.39, 0.29) is 31.6 Å². The Morgan fingerprint density at radius 1 is 1.05 bits per heavy atom. The predicted octanol–water partition coefficient (Wildman–Crippen LogP) is 3.04. The number of amides is 2. The summed E-state index contributed by atoms with van der Waals surface area (Å²) in [6.07, 6.45) is 3.89. The molecule has 1 fully saturated rings. The number of fused-ring (bicyclic) bond motifs is 4. The van der Waals surface area contributed by atoms with E-state index in [9.17, 15) is 24.9 Å². The Hall–Kier alpha value is -4.06. The highest BCUT2D eigenvalue weighted by atomic mass is 16.5. The first-order valence-corrected chi connectivity index (χ1v) is 15.1. The normalized spacial score (nSPS) is 22.9. The van der Waals surface area contributed by atoms with E-state index < -0.39 is 36.0 Å². The second kappa shape index (κ2) is 12.5. The highest BCUT2D eigenvalue weighted by Crippen LogP contribution is 2.52. The Labute approximate surface area is 255 Å². The van der Waals surface area contributed by atoms with Crippen molar-refractivity contribution in [3.8, 4) is 17.2 Å². The van der Waals surface area contributed by atoms with Gasteiger partial charge in [-0.25, -0.2) is 0 Å². The summed E-state index contributed by atoms with van der Waals surface area (Å²) < 4.78 is 23.4. The van der Waals surface area contributed by atoms with Gasteiger partial charge in [-0.05, 0) is 48.7 Å². The van der Waals surface area contributed by atoms with E-state index in [1.807, 2.05) is 12.1 Å². The minimum absolute atomic E-state index is 0.0284. The molecule has 11 nitrogen and oxygen atoms in total. The van der Waals surface area contributed by atoms with E-state index in [1.54, 1.807) is 35.2 Å². The molecule has 2 aromatic carbocycles. The third kappa shape index (κ3) is 5.18. The van der Waals surface area contributed by atoms with Crippen molar-refractivity contribution in [3.05, 3.63) is 64.9 Å². The van der Waals surface area contributed by atoms with Gasteiger partial charge in [0.1, 0.15) is 12.2 Å². The molecule has 3 aliphatic rings. The van der Waals surface area contributed by atoms with E-state index in [0.29, 0.717) is 44.9 Å². The number of hydrogen-bond donors (Lipinski definition) is 4. The van der Waals surface area contributed by atoms with E-state index in [1.165, 1.54) is 14.2 Å². The van der Waals surface area contributed by atoms with E-state index in [0.717, 1.165) is 32.1 Å². The summed E-state index contributed by atoms with van der Waals surface area (Å²) >= 11 is 0. The van der Waals surface area contributed by atoms with Crippen molar-refractivity contribution < 1.29 is 43.5 Å². The molecule has 0 unspecified atom stereocenters. The lowest BCUT2D eigenvalue weighted by molar-refractivity contribution is -0.118. The maximum absolute atomic E-state index is 14.4. The van der Waals surface area contributed by atoms with Crippen molar-refractivity contribution in [2.45, 2.75) is 68.9 Å². The number of aliphatic hydroxyl groups is 3. The number of furan rings is 1. The number of nitrogens with zero attached hydrogens (tertiary/aromatic N) is 1. The summed E-state index contributed by atoms with van der Waals surface area (Å²) in [4.78, 5) is 29.7. The third-order valence-corrected chi connectivity index (χ3v) is 8.96. The van der Waals surface area contributed by atoms with Gasteiger partial charge in [-0.2, -0.15) is 0 Å². The van der Waals surface area contributed by atoms with Gasteiger partial charge < -0.3 is 44.2 Å². The van der Waals surface area contributed by atoms with Gasteiger partial charge in [0.15, 0.2) is 28.6 Å². The van der Waals surface area contributed by atoms with Gasteiger partial charge in [0, 0.05) is 29.1 Å². The minimum atomic E-state index is -1.21. The van der Waals surface area contributed by atoms with Crippen LogP contribution in [0.25, 0.3) is 11.0 Å². The van der Waals surface area contributed by atoms with Crippen LogP contribution in [-0.2, 0) is 11.4 Å². The first-order chi connectivity index (χ1) is 21.4. The first-order valence-electron chi connectivity index (χ1n) is 15.1. The van der Waals surface area contributed by atoms with Gasteiger partial charge in [0.2, 0.25) is 5.91 Å². The number of carbonyl (C=O) groups excluding carboxylic acids is 2. The van der Waals surface area contributed by atoms with Gasteiger partial charge in [-0.3, -0.25) is 9.59 Å². The van der Waals surface area contributed by atoms with Crippen LogP contribution < -0.4 is 19.5 Å². The molecule has 0 spiro atoms. The zero-order valence-corrected chi connectivity index (χ0v) is 24.8. The Bertz CT molecular complexity index is 1570. The Morgan fingerprint density at radius 3 is 2.52 bits per heavy atom. The summed E-state index contributed by atoms with van der Waals surface area (Å²) in [5, 5.41) is 34.8. The monoisotopic (exact) mass is 606 g/mol. The Morgan fingerprint density at radius 2 is 1.82 bits per heavy atom. The lowest BCUT2D eigenvalue weighted by Crippen LogP contribution is -2.58. The maximum Gasteiger partial charge on any atom is 0.290 e. The fourth-order valence-electron chi connectivity index (χ4n) is 6.92. The van der Waals surface area contributed by atoms with Crippen molar-refractivity contribution in [1.82, 2.24) is 10.2 Å². The molecule has 1 aliphatic heterocycles. The summed E-state index contributed by atoms with van der Waals surface area (Å²) in [5.41, 5.74) is 1.92. The van der Waals surface area contributed by atoms with Crippen molar-refractivity contribution in [2.75, 3.05) is 27.4 Å². The van der Waals surface area contributed by atoms with Crippen LogP contribution >= 0.6 is 0 Å². The molecule has 0 bridgehead atoms. The number of aliphatic hydroxyl groups excluding tert-OH is 3. The lowest BCUT2D eigenvalue weighted by Gasteiger charge is -2.44. The average Bonchev–Trinajstić information content (AvgIpc) is 3.67. The predicted molar refractivity (Wildman–Crippen MR) is 160 cm³/mol. The molecule has 2 aliphatic carbocycles. The molecular weight excluding hydrogens is 568 g/mol. The van der Waals surface area contributed by atoms with Crippen LogP contribution in [0.1, 0.15) is 59.7 Å². The fourth-order valence-corrected chi connectivity index (χ4v) is 6.92. The fraction of sp³-hybridized carbons (Fsp3) is 0.455. The van der Waals surface area contributed by atoms with Crippen molar-refractivity contribution >= 4 is 22.8 Å². The molecule has 234 valence electrons. The number of methoxy groups -OCH3 is 2. The number of carbonyl (C=O) groups is 2. The third-order valence-electron chi connectivity index (χ3n) is 8.96. The van der Waals surface area contributed by atoms with Crippen LogP contribution in [0.2, 0.25) is 0 Å². The molecule has 11 heteroatoms. The zero-order valence-electron chi connectivity index (χ0n) is 24.8. The summed E-state index contributed by atoms with van der Waals surface area (Å²) in [6, 6.07) is 9.36. The number of nitrogens with one attached hydrogen (secondary N) is 1. The second-order valence-corrected chi connectivity index (χ2v) is 11.5. The molecule has 1 aromatic heterocycles. The standard InChI is InChI=1S/C33H38N2O9/c1-41-24-10-6-7-19-15-26(43-29(19)24)33(40)35(20-8-4-3-5-9-20)23-16-22(32(39)34-11-12-36)27-21-13-18(17-37)14-25(42-2)30(21)44-31(27)28(23)38/h6-7,10,13-16,20,23,27-28,31,36-38H,3-5,8-9,11-12,17H2,1-2H3,(H,34,39)/t23-,27+,28+,31+/m1/s1. The lowest BCUT2D eigenvalue weighted by atomic mass is 9.76.